The van der Waals surface area contributed by atoms with Gasteiger partial charge in [0.05, 0.1) is 7.11 Å². The molecular weight excluding hydrogens is 250 g/mol. The van der Waals surface area contributed by atoms with Crippen LogP contribution in [0.3, 0.4) is 0 Å². The fourth-order valence-corrected chi connectivity index (χ4v) is 3.28. The first-order valence-corrected chi connectivity index (χ1v) is 7.70. The highest BCUT2D eigenvalue weighted by atomic mass is 16.5. The number of hydrogen-bond donors (Lipinski definition) is 1. The van der Waals surface area contributed by atoms with Gasteiger partial charge in [-0.05, 0) is 43.7 Å². The molecule has 4 nitrogen and oxygen atoms in total. The topological polar surface area (TPSA) is 27.7 Å². The third kappa shape index (κ3) is 3.07. The molecule has 0 aromatic heterocycles. The van der Waals surface area contributed by atoms with Gasteiger partial charge in [-0.1, -0.05) is 0 Å². The zero-order chi connectivity index (χ0) is 13.8. The van der Waals surface area contributed by atoms with Crippen LogP contribution in [0.25, 0.3) is 0 Å². The molecule has 4 heteroatoms. The molecule has 1 unspecified atom stereocenters. The van der Waals surface area contributed by atoms with E-state index < -0.39 is 0 Å². The van der Waals surface area contributed by atoms with Gasteiger partial charge in [0.1, 0.15) is 5.75 Å². The van der Waals surface area contributed by atoms with Crippen LogP contribution in [0.4, 0.5) is 5.69 Å². The standard InChI is InChI=1S/C16H25N3O/c1-20-16-6-4-14(5-7-16)18-9-11-19(12-10-18)15-3-2-8-17-13-15/h4-7,15,17H,2-3,8-13H2,1H3. The Hall–Kier alpha value is -1.26. The van der Waals surface area contributed by atoms with Crippen LogP contribution in [0.5, 0.6) is 5.75 Å². The summed E-state index contributed by atoms with van der Waals surface area (Å²) >= 11 is 0. The predicted molar refractivity (Wildman–Crippen MR) is 82.7 cm³/mol. The number of anilines is 1. The highest BCUT2D eigenvalue weighted by Crippen LogP contribution is 2.21. The smallest absolute Gasteiger partial charge is 0.119 e. The molecule has 2 aliphatic rings. The molecule has 1 N–H and O–H groups in total. The first kappa shape index (κ1) is 13.7. The number of ether oxygens (including phenoxy) is 1. The maximum Gasteiger partial charge on any atom is 0.119 e. The molecule has 20 heavy (non-hydrogen) atoms. The number of nitrogens with one attached hydrogen (secondary N) is 1. The number of hydrogen-bond acceptors (Lipinski definition) is 4. The molecule has 0 aliphatic carbocycles. The number of rotatable bonds is 3. The summed E-state index contributed by atoms with van der Waals surface area (Å²) in [7, 11) is 1.71. The summed E-state index contributed by atoms with van der Waals surface area (Å²) in [6, 6.07) is 9.18. The van der Waals surface area contributed by atoms with E-state index >= 15 is 0 Å². The fourth-order valence-electron chi connectivity index (χ4n) is 3.28. The molecule has 2 aliphatic heterocycles. The lowest BCUT2D eigenvalue weighted by molar-refractivity contribution is 0.157. The van der Waals surface area contributed by atoms with Crippen LogP contribution in [0.2, 0.25) is 0 Å². The SMILES string of the molecule is COc1ccc(N2CCN(C3CCCNC3)CC2)cc1. The molecule has 2 saturated heterocycles. The zero-order valence-electron chi connectivity index (χ0n) is 12.3. The summed E-state index contributed by atoms with van der Waals surface area (Å²) in [5.41, 5.74) is 1.31. The number of piperazine rings is 1. The van der Waals surface area contributed by atoms with E-state index in [1.165, 1.54) is 44.7 Å². The third-order valence-corrected chi connectivity index (χ3v) is 4.54. The van der Waals surface area contributed by atoms with E-state index in [0.29, 0.717) is 0 Å². The quantitative estimate of drug-likeness (QED) is 0.906. The van der Waals surface area contributed by atoms with Gasteiger partial charge >= 0.3 is 0 Å². The molecule has 3 rings (SSSR count). The minimum Gasteiger partial charge on any atom is -0.497 e. The van der Waals surface area contributed by atoms with Crippen molar-refractivity contribution in [1.29, 1.82) is 0 Å². The van der Waals surface area contributed by atoms with Crippen LogP contribution in [-0.2, 0) is 0 Å². The highest BCUT2D eigenvalue weighted by Gasteiger charge is 2.24. The van der Waals surface area contributed by atoms with Crippen LogP contribution in [0, 0.1) is 0 Å². The fraction of sp³-hybridized carbons (Fsp3) is 0.625. The molecule has 1 aromatic carbocycles. The van der Waals surface area contributed by atoms with Crippen molar-refractivity contribution in [1.82, 2.24) is 10.2 Å². The minimum absolute atomic E-state index is 0.752. The van der Waals surface area contributed by atoms with E-state index in [2.05, 4.69) is 27.2 Å². The summed E-state index contributed by atoms with van der Waals surface area (Å²) in [5.74, 6) is 0.931. The van der Waals surface area contributed by atoms with Crippen molar-refractivity contribution in [2.45, 2.75) is 18.9 Å². The van der Waals surface area contributed by atoms with Crippen molar-refractivity contribution in [3.8, 4) is 5.75 Å². The third-order valence-electron chi connectivity index (χ3n) is 4.54. The average Bonchev–Trinajstić information content (AvgIpc) is 2.56. The van der Waals surface area contributed by atoms with Crippen LogP contribution in [0.15, 0.2) is 24.3 Å². The second-order valence-electron chi connectivity index (χ2n) is 5.72. The van der Waals surface area contributed by atoms with Gasteiger partial charge in [0.25, 0.3) is 0 Å². The maximum atomic E-state index is 5.22. The predicted octanol–water partition coefficient (Wildman–Crippen LogP) is 1.57. The Morgan fingerprint density at radius 2 is 1.85 bits per heavy atom. The van der Waals surface area contributed by atoms with Gasteiger partial charge < -0.3 is 15.0 Å². The van der Waals surface area contributed by atoms with Crippen LogP contribution in [-0.4, -0.2) is 57.3 Å². The molecule has 0 saturated carbocycles. The highest BCUT2D eigenvalue weighted by molar-refractivity contribution is 5.49. The summed E-state index contributed by atoms with van der Waals surface area (Å²) in [5, 5.41) is 3.52. The van der Waals surface area contributed by atoms with Gasteiger partial charge in [-0.15, -0.1) is 0 Å². The molecule has 0 amide bonds. The van der Waals surface area contributed by atoms with Crippen molar-refractivity contribution in [2.75, 3.05) is 51.3 Å². The summed E-state index contributed by atoms with van der Waals surface area (Å²) in [6.45, 7) is 6.98. The second-order valence-corrected chi connectivity index (χ2v) is 5.72. The Labute approximate surface area is 121 Å². The molecule has 0 radical (unpaired) electrons. The lowest BCUT2D eigenvalue weighted by atomic mass is 10.0. The summed E-state index contributed by atoms with van der Waals surface area (Å²) in [4.78, 5) is 5.14. The lowest BCUT2D eigenvalue weighted by Crippen LogP contribution is -2.54. The number of benzene rings is 1. The van der Waals surface area contributed by atoms with Crippen LogP contribution in [0.1, 0.15) is 12.8 Å². The zero-order valence-corrected chi connectivity index (χ0v) is 12.3. The molecular formula is C16H25N3O. The minimum atomic E-state index is 0.752. The van der Waals surface area contributed by atoms with Gasteiger partial charge in [-0.3, -0.25) is 4.90 Å². The molecule has 2 heterocycles. The van der Waals surface area contributed by atoms with Crippen molar-refractivity contribution >= 4 is 5.69 Å². The number of piperidine rings is 1. The normalized spacial score (nSPS) is 24.6. The van der Waals surface area contributed by atoms with Gasteiger partial charge in [-0.2, -0.15) is 0 Å². The molecule has 0 bridgehead atoms. The van der Waals surface area contributed by atoms with Gasteiger partial charge in [0, 0.05) is 44.5 Å². The van der Waals surface area contributed by atoms with E-state index in [-0.39, 0.29) is 0 Å². The van der Waals surface area contributed by atoms with E-state index in [4.69, 9.17) is 4.74 Å². The van der Waals surface area contributed by atoms with Crippen molar-refractivity contribution in [3.05, 3.63) is 24.3 Å². The van der Waals surface area contributed by atoms with Crippen molar-refractivity contribution in [2.24, 2.45) is 0 Å². The Kier molecular flexibility index (Phi) is 4.43. The largest absolute Gasteiger partial charge is 0.497 e. The van der Waals surface area contributed by atoms with E-state index in [1.54, 1.807) is 7.11 Å². The molecule has 1 atom stereocenters. The summed E-state index contributed by atoms with van der Waals surface area (Å²) in [6.07, 6.45) is 2.68. The first-order valence-electron chi connectivity index (χ1n) is 7.70. The average molecular weight is 275 g/mol. The van der Waals surface area contributed by atoms with Gasteiger partial charge in [-0.25, -0.2) is 0 Å². The van der Waals surface area contributed by atoms with E-state index in [1.807, 2.05) is 12.1 Å². The molecule has 1 aromatic rings. The Morgan fingerprint density at radius 3 is 2.45 bits per heavy atom. The Morgan fingerprint density at radius 1 is 1.10 bits per heavy atom. The van der Waals surface area contributed by atoms with E-state index in [9.17, 15) is 0 Å². The number of methoxy groups -OCH3 is 1. The number of nitrogens with zero attached hydrogens (tertiary/aromatic N) is 2. The van der Waals surface area contributed by atoms with Crippen LogP contribution < -0.4 is 15.0 Å². The van der Waals surface area contributed by atoms with E-state index in [0.717, 1.165) is 24.9 Å². The van der Waals surface area contributed by atoms with Gasteiger partial charge in [0.15, 0.2) is 0 Å². The second kappa shape index (κ2) is 6.46. The monoisotopic (exact) mass is 275 g/mol. The van der Waals surface area contributed by atoms with Crippen molar-refractivity contribution in [3.63, 3.8) is 0 Å². The first-order chi connectivity index (χ1) is 9.86. The Balaban J connectivity index is 1.54. The maximum absolute atomic E-state index is 5.22. The van der Waals surface area contributed by atoms with Gasteiger partial charge in [0.2, 0.25) is 0 Å². The van der Waals surface area contributed by atoms with Crippen LogP contribution >= 0.6 is 0 Å². The molecule has 110 valence electrons. The lowest BCUT2D eigenvalue weighted by Gasteiger charge is -2.41. The summed E-state index contributed by atoms with van der Waals surface area (Å²) < 4.78 is 5.22. The molecule has 2 fully saturated rings. The molecule has 0 spiro atoms. The van der Waals surface area contributed by atoms with Crippen molar-refractivity contribution < 1.29 is 4.74 Å². The Bertz CT molecular complexity index is 406.